The number of rotatable bonds is 3. The molecule has 0 saturated carbocycles. The predicted molar refractivity (Wildman–Crippen MR) is 35.3 cm³/mol. The Morgan fingerprint density at radius 2 is 2.22 bits per heavy atom. The number of allylic oxidation sites excluding steroid dienone is 1. The predicted octanol–water partition coefficient (Wildman–Crippen LogP) is 1.45. The molecule has 1 radical (unpaired) electrons. The maximum atomic E-state index is 10.6. The summed E-state index contributed by atoms with van der Waals surface area (Å²) >= 11 is 0. The maximum absolute atomic E-state index is 10.6. The van der Waals surface area contributed by atoms with E-state index in [0.717, 1.165) is 0 Å². The number of carbonyl (C=O) groups excluding carboxylic acids is 1. The molecule has 0 aromatic carbocycles. The molecule has 1 N–H and O–H groups in total. The van der Waals surface area contributed by atoms with E-state index in [4.69, 9.17) is 5.11 Å². The Labute approximate surface area is 55.2 Å². The van der Waals surface area contributed by atoms with Crippen molar-refractivity contribution in [3.8, 4) is 0 Å². The fraction of sp³-hybridized carbons (Fsp3) is 0.429. The van der Waals surface area contributed by atoms with Gasteiger partial charge in [0.15, 0.2) is 11.9 Å². The maximum Gasteiger partial charge on any atom is 0.190 e. The van der Waals surface area contributed by atoms with Crippen LogP contribution in [0.5, 0.6) is 0 Å². The average molecular weight is 127 g/mol. The molecule has 51 valence electrons. The SMILES string of the molecule is CC=CC(=O)[C](O)CC. The van der Waals surface area contributed by atoms with Crippen molar-refractivity contribution in [3.05, 3.63) is 18.3 Å². The van der Waals surface area contributed by atoms with Crippen molar-refractivity contribution in [2.75, 3.05) is 0 Å². The van der Waals surface area contributed by atoms with Gasteiger partial charge < -0.3 is 5.11 Å². The molecule has 0 heterocycles. The highest BCUT2D eigenvalue weighted by Gasteiger charge is 2.08. The van der Waals surface area contributed by atoms with Gasteiger partial charge in [-0.15, -0.1) is 0 Å². The van der Waals surface area contributed by atoms with Crippen LogP contribution < -0.4 is 0 Å². The van der Waals surface area contributed by atoms with Crippen molar-refractivity contribution in [1.29, 1.82) is 0 Å². The van der Waals surface area contributed by atoms with Gasteiger partial charge in [0.25, 0.3) is 0 Å². The fourth-order valence-corrected chi connectivity index (χ4v) is 0.422. The van der Waals surface area contributed by atoms with E-state index in [0.29, 0.717) is 6.42 Å². The van der Waals surface area contributed by atoms with Gasteiger partial charge in [-0.3, -0.25) is 4.79 Å². The molecule has 2 nitrogen and oxygen atoms in total. The summed E-state index contributed by atoms with van der Waals surface area (Å²) in [6, 6.07) is 0. The van der Waals surface area contributed by atoms with Crippen LogP contribution in [0.25, 0.3) is 0 Å². The van der Waals surface area contributed by atoms with Crippen LogP contribution in [0.4, 0.5) is 0 Å². The minimum absolute atomic E-state index is 0.0758. The molecule has 0 unspecified atom stereocenters. The summed E-state index contributed by atoms with van der Waals surface area (Å²) in [7, 11) is 0. The van der Waals surface area contributed by atoms with E-state index in [1.54, 1.807) is 19.9 Å². The Morgan fingerprint density at radius 3 is 2.56 bits per heavy atom. The number of aliphatic hydroxyl groups is 1. The fourth-order valence-electron chi connectivity index (χ4n) is 0.422. The Morgan fingerprint density at radius 1 is 1.67 bits per heavy atom. The van der Waals surface area contributed by atoms with Gasteiger partial charge in [-0.25, -0.2) is 0 Å². The lowest BCUT2D eigenvalue weighted by Crippen LogP contribution is -2.06. The van der Waals surface area contributed by atoms with Crippen molar-refractivity contribution in [2.45, 2.75) is 20.3 Å². The molecule has 0 aliphatic carbocycles. The van der Waals surface area contributed by atoms with Crippen molar-refractivity contribution < 1.29 is 9.90 Å². The summed E-state index contributed by atoms with van der Waals surface area (Å²) in [6.07, 6.45) is 3.28. The third-order valence-corrected chi connectivity index (χ3v) is 0.937. The standard InChI is InChI=1S/C7H11O2/c1-3-5-7(9)6(8)4-2/h3,5,8H,4H2,1-2H3. The molecule has 0 aromatic rings. The molecule has 0 aromatic heterocycles. The molecule has 0 fully saturated rings. The number of aliphatic hydroxyl groups excluding tert-OH is 1. The van der Waals surface area contributed by atoms with Crippen LogP contribution in [0.15, 0.2) is 12.2 Å². The lowest BCUT2D eigenvalue weighted by atomic mass is 10.2. The van der Waals surface area contributed by atoms with Gasteiger partial charge in [0.2, 0.25) is 0 Å². The number of hydrogen-bond acceptors (Lipinski definition) is 2. The quantitative estimate of drug-likeness (QED) is 0.582. The highest BCUT2D eigenvalue weighted by molar-refractivity contribution is 5.99. The van der Waals surface area contributed by atoms with Crippen molar-refractivity contribution in [2.24, 2.45) is 0 Å². The summed E-state index contributed by atoms with van der Waals surface area (Å²) < 4.78 is 0. The van der Waals surface area contributed by atoms with Crippen molar-refractivity contribution >= 4 is 5.78 Å². The Balaban J connectivity index is 3.73. The number of hydrogen-bond donors (Lipinski definition) is 1. The second-order valence-corrected chi connectivity index (χ2v) is 1.66. The van der Waals surface area contributed by atoms with E-state index >= 15 is 0 Å². The van der Waals surface area contributed by atoms with Crippen LogP contribution in [0, 0.1) is 6.10 Å². The summed E-state index contributed by atoms with van der Waals surface area (Å²) in [5.74, 6) is -0.292. The van der Waals surface area contributed by atoms with Crippen LogP contribution in [-0.4, -0.2) is 10.9 Å². The molecule has 0 amide bonds. The van der Waals surface area contributed by atoms with E-state index in [2.05, 4.69) is 0 Å². The molecule has 0 atom stereocenters. The zero-order valence-electron chi connectivity index (χ0n) is 5.72. The van der Waals surface area contributed by atoms with Crippen molar-refractivity contribution in [3.63, 3.8) is 0 Å². The highest BCUT2D eigenvalue weighted by Crippen LogP contribution is 2.01. The van der Waals surface area contributed by atoms with E-state index < -0.39 is 0 Å². The molecule has 0 aliphatic rings. The largest absolute Gasteiger partial charge is 0.378 e. The summed E-state index contributed by atoms with van der Waals surface area (Å²) in [6.45, 7) is 3.47. The molecule has 0 bridgehead atoms. The van der Waals surface area contributed by atoms with E-state index in [1.807, 2.05) is 0 Å². The zero-order valence-corrected chi connectivity index (χ0v) is 5.72. The summed E-state index contributed by atoms with van der Waals surface area (Å²) in [5, 5.41) is 8.77. The van der Waals surface area contributed by atoms with Gasteiger partial charge >= 0.3 is 0 Å². The van der Waals surface area contributed by atoms with Gasteiger partial charge in [-0.2, -0.15) is 0 Å². The smallest absolute Gasteiger partial charge is 0.190 e. The first-order valence-corrected chi connectivity index (χ1v) is 2.94. The second-order valence-electron chi connectivity index (χ2n) is 1.66. The molecule has 0 aliphatic heterocycles. The molecular formula is C7H11O2. The van der Waals surface area contributed by atoms with Gasteiger partial charge in [-0.1, -0.05) is 13.0 Å². The minimum atomic E-state index is -0.292. The lowest BCUT2D eigenvalue weighted by Gasteiger charge is -1.97. The minimum Gasteiger partial charge on any atom is -0.378 e. The van der Waals surface area contributed by atoms with Crippen molar-refractivity contribution in [1.82, 2.24) is 0 Å². The van der Waals surface area contributed by atoms with Gasteiger partial charge in [0, 0.05) is 0 Å². The average Bonchev–Trinajstić information content (AvgIpc) is 1.87. The monoisotopic (exact) mass is 127 g/mol. The third-order valence-electron chi connectivity index (χ3n) is 0.937. The summed E-state index contributed by atoms with van der Waals surface area (Å²) in [5.41, 5.74) is 0. The summed E-state index contributed by atoms with van der Waals surface area (Å²) in [4.78, 5) is 10.6. The lowest BCUT2D eigenvalue weighted by molar-refractivity contribution is -0.116. The third kappa shape index (κ3) is 3.03. The van der Waals surface area contributed by atoms with Crippen LogP contribution in [0.1, 0.15) is 20.3 Å². The van der Waals surface area contributed by atoms with E-state index in [-0.39, 0.29) is 11.9 Å². The van der Waals surface area contributed by atoms with Crippen LogP contribution >= 0.6 is 0 Å². The molecule has 0 saturated heterocycles. The molecule has 0 rings (SSSR count). The van der Waals surface area contributed by atoms with E-state index in [9.17, 15) is 4.79 Å². The molecule has 9 heavy (non-hydrogen) atoms. The first-order chi connectivity index (χ1) is 4.22. The number of ketones is 1. The Hall–Kier alpha value is -0.630. The number of carbonyl (C=O) groups is 1. The zero-order chi connectivity index (χ0) is 7.28. The van der Waals surface area contributed by atoms with Crippen LogP contribution in [0.3, 0.4) is 0 Å². The highest BCUT2D eigenvalue weighted by atomic mass is 16.3. The van der Waals surface area contributed by atoms with Crippen LogP contribution in [-0.2, 0) is 4.79 Å². The Bertz CT molecular complexity index is 116. The van der Waals surface area contributed by atoms with Gasteiger partial charge in [0.05, 0.1) is 0 Å². The molecule has 0 spiro atoms. The molecular weight excluding hydrogens is 116 g/mol. The normalized spacial score (nSPS) is 11.1. The van der Waals surface area contributed by atoms with Gasteiger partial charge in [-0.05, 0) is 19.4 Å². The first kappa shape index (κ1) is 8.37. The first-order valence-electron chi connectivity index (χ1n) is 2.94. The Kier molecular flexibility index (Phi) is 3.97. The second kappa shape index (κ2) is 4.27. The molecule has 2 heteroatoms. The van der Waals surface area contributed by atoms with Gasteiger partial charge in [0.1, 0.15) is 0 Å². The van der Waals surface area contributed by atoms with E-state index in [1.165, 1.54) is 6.08 Å². The van der Waals surface area contributed by atoms with Crippen LogP contribution in [0.2, 0.25) is 0 Å². The topological polar surface area (TPSA) is 37.3 Å².